The normalized spacial score (nSPS) is 8.56. The first-order valence-corrected chi connectivity index (χ1v) is 5.96. The molecule has 0 spiro atoms. The van der Waals surface area contributed by atoms with Gasteiger partial charge in [-0.25, -0.2) is 0 Å². The SMILES string of the molecule is CC.CC.Cc1cc2ccccc2cc1O. The van der Waals surface area contributed by atoms with Gasteiger partial charge in [-0.2, -0.15) is 0 Å². The van der Waals surface area contributed by atoms with Crippen LogP contribution in [0.4, 0.5) is 0 Å². The van der Waals surface area contributed by atoms with Crippen LogP contribution in [-0.4, -0.2) is 5.11 Å². The van der Waals surface area contributed by atoms with E-state index in [-0.39, 0.29) is 0 Å². The summed E-state index contributed by atoms with van der Waals surface area (Å²) >= 11 is 0. The summed E-state index contributed by atoms with van der Waals surface area (Å²) in [5.74, 6) is 0.369. The molecule has 0 atom stereocenters. The van der Waals surface area contributed by atoms with Crippen molar-refractivity contribution in [1.29, 1.82) is 0 Å². The molecular weight excluding hydrogens is 196 g/mol. The maximum atomic E-state index is 9.42. The van der Waals surface area contributed by atoms with Crippen molar-refractivity contribution in [3.63, 3.8) is 0 Å². The van der Waals surface area contributed by atoms with E-state index in [9.17, 15) is 5.11 Å². The van der Waals surface area contributed by atoms with Gasteiger partial charge in [0.25, 0.3) is 0 Å². The van der Waals surface area contributed by atoms with Crippen molar-refractivity contribution in [3.8, 4) is 5.75 Å². The second kappa shape index (κ2) is 7.75. The summed E-state index contributed by atoms with van der Waals surface area (Å²) in [7, 11) is 0. The van der Waals surface area contributed by atoms with Gasteiger partial charge >= 0.3 is 0 Å². The van der Waals surface area contributed by atoms with Crippen LogP contribution in [0.2, 0.25) is 0 Å². The van der Waals surface area contributed by atoms with E-state index in [4.69, 9.17) is 0 Å². The van der Waals surface area contributed by atoms with Gasteiger partial charge in [-0.05, 0) is 35.4 Å². The molecule has 0 heterocycles. The Labute approximate surface area is 98.7 Å². The maximum Gasteiger partial charge on any atom is 0.119 e. The molecule has 0 radical (unpaired) electrons. The van der Waals surface area contributed by atoms with Gasteiger partial charge in [0.2, 0.25) is 0 Å². The lowest BCUT2D eigenvalue weighted by Gasteiger charge is -2.01. The fourth-order valence-electron chi connectivity index (χ4n) is 1.34. The molecule has 88 valence electrons. The average molecular weight is 218 g/mol. The molecule has 0 amide bonds. The van der Waals surface area contributed by atoms with Crippen LogP contribution in [0.15, 0.2) is 36.4 Å². The van der Waals surface area contributed by atoms with Gasteiger partial charge in [-0.15, -0.1) is 0 Å². The molecule has 0 saturated carbocycles. The number of hydrogen-bond donors (Lipinski definition) is 1. The molecule has 0 unspecified atom stereocenters. The molecule has 16 heavy (non-hydrogen) atoms. The molecule has 0 aliphatic carbocycles. The smallest absolute Gasteiger partial charge is 0.119 e. The molecule has 0 bridgehead atoms. The van der Waals surface area contributed by atoms with Crippen LogP contribution >= 0.6 is 0 Å². The topological polar surface area (TPSA) is 20.2 Å². The van der Waals surface area contributed by atoms with Crippen molar-refractivity contribution in [2.75, 3.05) is 0 Å². The molecule has 2 aromatic rings. The molecule has 0 aliphatic heterocycles. The van der Waals surface area contributed by atoms with Crippen LogP contribution < -0.4 is 0 Å². The Bertz CT molecular complexity index is 378. The van der Waals surface area contributed by atoms with Gasteiger partial charge in [-0.3, -0.25) is 0 Å². The number of aromatic hydroxyl groups is 1. The second-order valence-corrected chi connectivity index (χ2v) is 2.99. The summed E-state index contributed by atoms with van der Waals surface area (Å²) < 4.78 is 0. The zero-order chi connectivity index (χ0) is 12.6. The van der Waals surface area contributed by atoms with Crippen LogP contribution in [0.1, 0.15) is 33.3 Å². The number of fused-ring (bicyclic) bond motifs is 1. The molecule has 1 N–H and O–H groups in total. The third-order valence-corrected chi connectivity index (χ3v) is 2.06. The fourth-order valence-corrected chi connectivity index (χ4v) is 1.34. The Morgan fingerprint density at radius 1 is 0.812 bits per heavy atom. The number of rotatable bonds is 0. The monoisotopic (exact) mass is 218 g/mol. The molecule has 0 saturated heterocycles. The number of hydrogen-bond acceptors (Lipinski definition) is 1. The third kappa shape index (κ3) is 3.58. The summed E-state index contributed by atoms with van der Waals surface area (Å²) in [6.45, 7) is 9.90. The summed E-state index contributed by atoms with van der Waals surface area (Å²) in [5, 5.41) is 11.7. The van der Waals surface area contributed by atoms with E-state index in [2.05, 4.69) is 0 Å². The highest BCUT2D eigenvalue weighted by Crippen LogP contribution is 2.23. The Balaban J connectivity index is 0.000000509. The molecule has 0 aromatic heterocycles. The lowest BCUT2D eigenvalue weighted by Crippen LogP contribution is -1.76. The van der Waals surface area contributed by atoms with Crippen molar-refractivity contribution in [1.82, 2.24) is 0 Å². The van der Waals surface area contributed by atoms with Crippen LogP contribution in [0.5, 0.6) is 5.75 Å². The van der Waals surface area contributed by atoms with Crippen molar-refractivity contribution in [3.05, 3.63) is 42.0 Å². The zero-order valence-electron chi connectivity index (χ0n) is 10.9. The molecular formula is C15H22O. The Hall–Kier alpha value is -1.50. The fraction of sp³-hybridized carbons (Fsp3) is 0.333. The number of aryl methyl sites for hydroxylation is 1. The summed E-state index contributed by atoms with van der Waals surface area (Å²) in [6, 6.07) is 11.8. The first-order valence-electron chi connectivity index (χ1n) is 5.96. The quantitative estimate of drug-likeness (QED) is 0.666. The van der Waals surface area contributed by atoms with Crippen molar-refractivity contribution in [2.24, 2.45) is 0 Å². The minimum atomic E-state index is 0.369. The van der Waals surface area contributed by atoms with E-state index in [1.165, 1.54) is 5.39 Å². The highest BCUT2D eigenvalue weighted by molar-refractivity contribution is 5.84. The van der Waals surface area contributed by atoms with Gasteiger partial charge in [0.1, 0.15) is 5.75 Å². The van der Waals surface area contributed by atoms with Gasteiger partial charge in [0.05, 0.1) is 0 Å². The number of phenols is 1. The van der Waals surface area contributed by atoms with Crippen molar-refractivity contribution in [2.45, 2.75) is 34.6 Å². The Morgan fingerprint density at radius 2 is 1.25 bits per heavy atom. The molecule has 2 rings (SSSR count). The lowest BCUT2D eigenvalue weighted by atomic mass is 10.1. The largest absolute Gasteiger partial charge is 0.508 e. The van der Waals surface area contributed by atoms with E-state index in [1.807, 2.05) is 65.0 Å². The predicted octanol–water partition coefficient (Wildman–Crippen LogP) is 4.91. The first kappa shape index (κ1) is 14.5. The van der Waals surface area contributed by atoms with E-state index < -0.39 is 0 Å². The van der Waals surface area contributed by atoms with Crippen molar-refractivity contribution < 1.29 is 5.11 Å². The van der Waals surface area contributed by atoms with E-state index in [1.54, 1.807) is 6.07 Å². The Morgan fingerprint density at radius 3 is 1.75 bits per heavy atom. The summed E-state index contributed by atoms with van der Waals surface area (Å²) in [4.78, 5) is 0. The third-order valence-electron chi connectivity index (χ3n) is 2.06. The summed E-state index contributed by atoms with van der Waals surface area (Å²) in [5.41, 5.74) is 0.925. The number of benzene rings is 2. The van der Waals surface area contributed by atoms with Gasteiger partial charge in [-0.1, -0.05) is 52.0 Å². The molecule has 0 aliphatic rings. The van der Waals surface area contributed by atoms with Crippen LogP contribution in [0.3, 0.4) is 0 Å². The van der Waals surface area contributed by atoms with Crippen LogP contribution in [0.25, 0.3) is 10.8 Å². The van der Waals surface area contributed by atoms with E-state index in [0.29, 0.717) is 5.75 Å². The molecule has 0 fully saturated rings. The standard InChI is InChI=1S/C11H10O.2C2H6/c1-8-6-9-4-2-3-5-10(9)7-11(8)12;2*1-2/h2-7,12H,1H3;2*1-2H3. The van der Waals surface area contributed by atoms with Gasteiger partial charge < -0.3 is 5.11 Å². The van der Waals surface area contributed by atoms with Crippen molar-refractivity contribution >= 4 is 10.8 Å². The highest BCUT2D eigenvalue weighted by Gasteiger charge is 1.97. The zero-order valence-corrected chi connectivity index (χ0v) is 10.9. The second-order valence-electron chi connectivity index (χ2n) is 2.99. The van der Waals surface area contributed by atoms with E-state index >= 15 is 0 Å². The average Bonchev–Trinajstić information content (AvgIpc) is 2.36. The first-order chi connectivity index (χ1) is 7.77. The van der Waals surface area contributed by atoms with Gasteiger partial charge in [0.15, 0.2) is 0 Å². The predicted molar refractivity (Wildman–Crippen MR) is 73.0 cm³/mol. The minimum absolute atomic E-state index is 0.369. The van der Waals surface area contributed by atoms with E-state index in [0.717, 1.165) is 10.9 Å². The van der Waals surface area contributed by atoms with Gasteiger partial charge in [0, 0.05) is 0 Å². The number of phenolic OH excluding ortho intramolecular Hbond substituents is 1. The Kier molecular flexibility index (Phi) is 7.02. The van der Waals surface area contributed by atoms with Crippen LogP contribution in [0, 0.1) is 6.92 Å². The molecule has 1 heteroatoms. The van der Waals surface area contributed by atoms with Crippen LogP contribution in [-0.2, 0) is 0 Å². The lowest BCUT2D eigenvalue weighted by molar-refractivity contribution is 0.472. The maximum absolute atomic E-state index is 9.42. The highest BCUT2D eigenvalue weighted by atomic mass is 16.3. The minimum Gasteiger partial charge on any atom is -0.508 e. The molecule has 1 nitrogen and oxygen atoms in total. The molecule has 2 aromatic carbocycles. The summed E-state index contributed by atoms with van der Waals surface area (Å²) in [6.07, 6.45) is 0.